The highest BCUT2D eigenvalue weighted by Gasteiger charge is 2.16. The standard InChI is InChI=1S/C15H18N2O3/c16-12-3-5-17(6-4-12)9-10-1-2-13-11(7-10)8-14(20-13)15(18)19/h1-2,7-8,12H,3-6,9,16H2,(H,18,19). The summed E-state index contributed by atoms with van der Waals surface area (Å²) in [7, 11) is 0. The fourth-order valence-corrected chi connectivity index (χ4v) is 2.67. The van der Waals surface area contributed by atoms with E-state index in [-0.39, 0.29) is 5.76 Å². The largest absolute Gasteiger partial charge is 0.475 e. The minimum atomic E-state index is -1.03. The highest BCUT2D eigenvalue weighted by Crippen LogP contribution is 2.22. The maximum Gasteiger partial charge on any atom is 0.371 e. The zero-order valence-electron chi connectivity index (χ0n) is 11.2. The topological polar surface area (TPSA) is 79.7 Å². The molecule has 5 heteroatoms. The molecule has 0 spiro atoms. The van der Waals surface area contributed by atoms with Gasteiger partial charge in [0.2, 0.25) is 5.76 Å². The van der Waals surface area contributed by atoms with E-state index in [1.165, 1.54) is 5.56 Å². The van der Waals surface area contributed by atoms with Gasteiger partial charge in [0.05, 0.1) is 0 Å². The maximum absolute atomic E-state index is 10.9. The Morgan fingerprint density at radius 3 is 2.80 bits per heavy atom. The van der Waals surface area contributed by atoms with Crippen molar-refractivity contribution >= 4 is 16.9 Å². The molecule has 0 unspecified atom stereocenters. The third kappa shape index (κ3) is 2.69. The van der Waals surface area contributed by atoms with Crippen LogP contribution >= 0.6 is 0 Å². The average molecular weight is 274 g/mol. The molecule has 2 heterocycles. The van der Waals surface area contributed by atoms with Crippen LogP contribution in [0.1, 0.15) is 29.0 Å². The van der Waals surface area contributed by atoms with Gasteiger partial charge in [-0.3, -0.25) is 4.90 Å². The molecular weight excluding hydrogens is 256 g/mol. The molecule has 1 aromatic heterocycles. The number of rotatable bonds is 3. The number of nitrogens with two attached hydrogens (primary N) is 1. The van der Waals surface area contributed by atoms with Crippen molar-refractivity contribution in [3.8, 4) is 0 Å². The molecule has 1 aromatic carbocycles. The number of benzene rings is 1. The Hall–Kier alpha value is -1.85. The second kappa shape index (κ2) is 5.26. The molecule has 0 amide bonds. The Labute approximate surface area is 117 Å². The SMILES string of the molecule is NC1CCN(Cc2ccc3oc(C(=O)O)cc3c2)CC1. The molecular formula is C15H18N2O3. The van der Waals surface area contributed by atoms with Gasteiger partial charge in [0.1, 0.15) is 5.58 Å². The Balaban J connectivity index is 1.77. The molecule has 20 heavy (non-hydrogen) atoms. The molecule has 0 saturated carbocycles. The summed E-state index contributed by atoms with van der Waals surface area (Å²) in [4.78, 5) is 13.3. The van der Waals surface area contributed by atoms with Crippen molar-refractivity contribution in [3.63, 3.8) is 0 Å². The van der Waals surface area contributed by atoms with Crippen LogP contribution in [0.5, 0.6) is 0 Å². The molecule has 0 atom stereocenters. The van der Waals surface area contributed by atoms with E-state index in [4.69, 9.17) is 15.3 Å². The third-order valence-electron chi connectivity index (χ3n) is 3.83. The Bertz CT molecular complexity index is 627. The molecule has 0 aliphatic carbocycles. The van der Waals surface area contributed by atoms with E-state index in [9.17, 15) is 4.79 Å². The van der Waals surface area contributed by atoms with E-state index in [0.717, 1.165) is 37.9 Å². The van der Waals surface area contributed by atoms with E-state index in [1.54, 1.807) is 6.07 Å². The summed E-state index contributed by atoms with van der Waals surface area (Å²) >= 11 is 0. The summed E-state index contributed by atoms with van der Waals surface area (Å²) in [6, 6.07) is 7.74. The summed E-state index contributed by atoms with van der Waals surface area (Å²) in [6.07, 6.45) is 2.08. The van der Waals surface area contributed by atoms with E-state index in [1.807, 2.05) is 18.2 Å². The van der Waals surface area contributed by atoms with E-state index < -0.39 is 5.97 Å². The molecule has 0 bridgehead atoms. The van der Waals surface area contributed by atoms with Crippen molar-refractivity contribution in [1.82, 2.24) is 4.90 Å². The minimum absolute atomic E-state index is 0.0129. The van der Waals surface area contributed by atoms with E-state index in [0.29, 0.717) is 11.6 Å². The van der Waals surface area contributed by atoms with Crippen molar-refractivity contribution < 1.29 is 14.3 Å². The number of nitrogens with zero attached hydrogens (tertiary/aromatic N) is 1. The summed E-state index contributed by atoms with van der Waals surface area (Å²) in [5.74, 6) is -1.05. The van der Waals surface area contributed by atoms with Crippen LogP contribution in [-0.4, -0.2) is 35.1 Å². The number of hydrogen-bond acceptors (Lipinski definition) is 4. The van der Waals surface area contributed by atoms with Crippen LogP contribution in [0.25, 0.3) is 11.0 Å². The Morgan fingerprint density at radius 1 is 1.35 bits per heavy atom. The van der Waals surface area contributed by atoms with Gasteiger partial charge in [-0.1, -0.05) is 6.07 Å². The molecule has 3 rings (SSSR count). The zero-order valence-corrected chi connectivity index (χ0v) is 11.2. The molecule has 1 aliphatic heterocycles. The van der Waals surface area contributed by atoms with E-state index in [2.05, 4.69) is 4.90 Å². The predicted octanol–water partition coefficient (Wildman–Crippen LogP) is 2.05. The van der Waals surface area contributed by atoms with Crippen LogP contribution in [0.15, 0.2) is 28.7 Å². The van der Waals surface area contributed by atoms with Crippen molar-refractivity contribution in [2.45, 2.75) is 25.4 Å². The first kappa shape index (κ1) is 13.1. The first-order chi connectivity index (χ1) is 9.61. The molecule has 0 radical (unpaired) electrons. The first-order valence-corrected chi connectivity index (χ1v) is 6.85. The normalized spacial score (nSPS) is 17.6. The zero-order chi connectivity index (χ0) is 14.1. The summed E-state index contributed by atoms with van der Waals surface area (Å²) < 4.78 is 5.26. The number of carboxylic acids is 1. The molecule has 3 N–H and O–H groups in total. The van der Waals surface area contributed by atoms with Gasteiger partial charge in [0.25, 0.3) is 0 Å². The molecule has 5 nitrogen and oxygen atoms in total. The summed E-state index contributed by atoms with van der Waals surface area (Å²) in [5, 5.41) is 9.77. The van der Waals surface area contributed by atoms with E-state index >= 15 is 0 Å². The smallest absolute Gasteiger partial charge is 0.371 e. The van der Waals surface area contributed by atoms with Crippen molar-refractivity contribution in [2.24, 2.45) is 5.73 Å². The van der Waals surface area contributed by atoms with Crippen LogP contribution in [-0.2, 0) is 6.54 Å². The van der Waals surface area contributed by atoms with Gasteiger partial charge in [0, 0.05) is 18.0 Å². The van der Waals surface area contributed by atoms with Crippen molar-refractivity contribution in [3.05, 3.63) is 35.6 Å². The molecule has 1 fully saturated rings. The van der Waals surface area contributed by atoms with Crippen LogP contribution in [0.4, 0.5) is 0 Å². The number of hydrogen-bond donors (Lipinski definition) is 2. The number of fused-ring (bicyclic) bond motifs is 1. The maximum atomic E-state index is 10.9. The molecule has 1 saturated heterocycles. The van der Waals surface area contributed by atoms with Gasteiger partial charge in [-0.2, -0.15) is 0 Å². The molecule has 106 valence electrons. The Kier molecular flexibility index (Phi) is 3.46. The number of carbonyl (C=O) groups is 1. The highest BCUT2D eigenvalue weighted by atomic mass is 16.4. The average Bonchev–Trinajstić information content (AvgIpc) is 2.85. The van der Waals surface area contributed by atoms with Gasteiger partial charge in [0.15, 0.2) is 0 Å². The van der Waals surface area contributed by atoms with Gasteiger partial charge < -0.3 is 15.3 Å². The summed E-state index contributed by atoms with van der Waals surface area (Å²) in [5.41, 5.74) is 7.69. The lowest BCUT2D eigenvalue weighted by Gasteiger charge is -2.30. The second-order valence-corrected chi connectivity index (χ2v) is 5.40. The number of furan rings is 1. The predicted molar refractivity (Wildman–Crippen MR) is 75.7 cm³/mol. The van der Waals surface area contributed by atoms with Crippen molar-refractivity contribution in [1.29, 1.82) is 0 Å². The van der Waals surface area contributed by atoms with Crippen LogP contribution in [0, 0.1) is 0 Å². The van der Waals surface area contributed by atoms with Gasteiger partial charge in [-0.15, -0.1) is 0 Å². The lowest BCUT2D eigenvalue weighted by atomic mass is 10.0. The van der Waals surface area contributed by atoms with Gasteiger partial charge >= 0.3 is 5.97 Å². The third-order valence-corrected chi connectivity index (χ3v) is 3.83. The number of piperidine rings is 1. The summed E-state index contributed by atoms with van der Waals surface area (Å²) in [6.45, 7) is 2.91. The van der Waals surface area contributed by atoms with Crippen molar-refractivity contribution in [2.75, 3.05) is 13.1 Å². The fraction of sp³-hybridized carbons (Fsp3) is 0.400. The molecule has 1 aliphatic rings. The van der Waals surface area contributed by atoms with Gasteiger partial charge in [-0.05, 0) is 49.7 Å². The van der Waals surface area contributed by atoms with Crippen LogP contribution < -0.4 is 5.73 Å². The van der Waals surface area contributed by atoms with Gasteiger partial charge in [-0.25, -0.2) is 4.79 Å². The molecule has 2 aromatic rings. The van der Waals surface area contributed by atoms with Crippen LogP contribution in [0.2, 0.25) is 0 Å². The monoisotopic (exact) mass is 274 g/mol. The quantitative estimate of drug-likeness (QED) is 0.895. The minimum Gasteiger partial charge on any atom is -0.475 e. The lowest BCUT2D eigenvalue weighted by Crippen LogP contribution is -2.39. The number of carboxylic acid groups (broad SMARTS) is 1. The fourth-order valence-electron chi connectivity index (χ4n) is 2.67. The van der Waals surface area contributed by atoms with Crippen LogP contribution in [0.3, 0.4) is 0 Å². The number of aromatic carboxylic acids is 1. The second-order valence-electron chi connectivity index (χ2n) is 5.40. The lowest BCUT2D eigenvalue weighted by molar-refractivity contribution is 0.0665. The Morgan fingerprint density at radius 2 is 2.10 bits per heavy atom. The highest BCUT2D eigenvalue weighted by molar-refractivity contribution is 5.91. The first-order valence-electron chi connectivity index (χ1n) is 6.85. The number of likely N-dealkylation sites (tertiary alicyclic amines) is 1.